The van der Waals surface area contributed by atoms with Crippen LogP contribution in [-0.4, -0.2) is 81.6 Å². The van der Waals surface area contributed by atoms with Gasteiger partial charge in [0.15, 0.2) is 0 Å². The third-order valence-corrected chi connectivity index (χ3v) is 12.4. The third kappa shape index (κ3) is 5.05. The van der Waals surface area contributed by atoms with Crippen LogP contribution in [0.4, 0.5) is 0 Å². The molecule has 0 radical (unpaired) electrons. The second-order valence-electron chi connectivity index (χ2n) is 14.6. The highest BCUT2D eigenvalue weighted by molar-refractivity contribution is 5.85. The van der Waals surface area contributed by atoms with Crippen molar-refractivity contribution in [1.82, 2.24) is 19.8 Å². The van der Waals surface area contributed by atoms with Crippen molar-refractivity contribution in [3.05, 3.63) is 53.1 Å². The SMILES string of the molecule is C=C[C@]1(C)C[C@@H](OC(=O)CN2CCN(Cc3nc4ccccc4c(=O)[nH]3)CC2)[C@]2(C)[C@H](C)CC[C@]3(CCC(=O)[C@H]32)[C@@H](C)[C@@H]1O. The normalized spacial score (nSPS) is 38.1. The first kappa shape index (κ1) is 31.1. The van der Waals surface area contributed by atoms with Crippen molar-refractivity contribution in [3.8, 4) is 0 Å². The standard InChI is InChI=1S/C35H48N4O5/c1-6-33(4)19-27(34(5)22(2)11-13-35(23(3)31(33)42)14-12-26(40)30(34)35)44-29(41)21-39-17-15-38(16-18-39)20-28-36-25-10-8-7-9-24(25)32(43)37-28/h6-10,22-23,27,30-31,42H,1,11-21H2,2-5H3,(H,36,37,43)/t22-,23+,27-,30+,31+,33-,34+,35+/m1/s1. The van der Waals surface area contributed by atoms with Crippen LogP contribution in [0.3, 0.4) is 0 Å². The van der Waals surface area contributed by atoms with E-state index < -0.39 is 23.0 Å². The van der Waals surface area contributed by atoms with E-state index in [4.69, 9.17) is 4.74 Å². The number of para-hydroxylation sites is 1. The molecule has 1 aromatic heterocycles. The predicted octanol–water partition coefficient (Wildman–Crippen LogP) is 3.95. The van der Waals surface area contributed by atoms with E-state index in [1.807, 2.05) is 31.2 Å². The van der Waals surface area contributed by atoms with Gasteiger partial charge >= 0.3 is 5.97 Å². The Labute approximate surface area is 260 Å². The summed E-state index contributed by atoms with van der Waals surface area (Å²) in [6.07, 6.45) is 4.30. The number of ether oxygens (including phenoxy) is 1. The van der Waals surface area contributed by atoms with Crippen LogP contribution in [0.1, 0.15) is 65.6 Å². The van der Waals surface area contributed by atoms with Crippen molar-refractivity contribution in [2.24, 2.45) is 34.0 Å². The highest BCUT2D eigenvalue weighted by Crippen LogP contribution is 2.68. The molecular formula is C35H48N4O5. The van der Waals surface area contributed by atoms with Crippen LogP contribution in [0.25, 0.3) is 10.9 Å². The number of H-pyrrole nitrogens is 1. The van der Waals surface area contributed by atoms with Gasteiger partial charge in [-0.2, -0.15) is 0 Å². The monoisotopic (exact) mass is 604 g/mol. The maximum Gasteiger partial charge on any atom is 0.320 e. The first-order valence-corrected chi connectivity index (χ1v) is 16.4. The molecule has 3 aliphatic carbocycles. The molecule has 4 fully saturated rings. The average molecular weight is 605 g/mol. The Morgan fingerprint density at radius 1 is 1.14 bits per heavy atom. The molecule has 2 heterocycles. The first-order valence-electron chi connectivity index (χ1n) is 16.4. The summed E-state index contributed by atoms with van der Waals surface area (Å²) in [6, 6.07) is 7.34. The number of nitrogens with zero attached hydrogens (tertiary/aromatic N) is 3. The van der Waals surface area contributed by atoms with Crippen LogP contribution >= 0.6 is 0 Å². The first-order chi connectivity index (χ1) is 20.9. The Morgan fingerprint density at radius 2 is 1.84 bits per heavy atom. The van der Waals surface area contributed by atoms with Crippen LogP contribution in [0.5, 0.6) is 0 Å². The zero-order valence-electron chi connectivity index (χ0n) is 26.7. The fourth-order valence-corrected chi connectivity index (χ4v) is 9.41. The lowest BCUT2D eigenvalue weighted by Crippen LogP contribution is -2.63. The Kier molecular flexibility index (Phi) is 8.12. The van der Waals surface area contributed by atoms with Gasteiger partial charge in [-0.25, -0.2) is 4.98 Å². The summed E-state index contributed by atoms with van der Waals surface area (Å²) < 4.78 is 6.44. The van der Waals surface area contributed by atoms with Gasteiger partial charge in [0, 0.05) is 49.3 Å². The molecule has 1 aromatic carbocycles. The minimum Gasteiger partial charge on any atom is -0.461 e. The van der Waals surface area contributed by atoms with Gasteiger partial charge in [-0.05, 0) is 55.1 Å². The van der Waals surface area contributed by atoms with E-state index in [1.54, 1.807) is 6.07 Å². The molecule has 6 rings (SSSR count). The van der Waals surface area contributed by atoms with Crippen molar-refractivity contribution in [2.45, 2.75) is 78.6 Å². The second kappa shape index (κ2) is 11.5. The molecule has 9 nitrogen and oxygen atoms in total. The molecule has 2 N–H and O–H groups in total. The number of carbonyl (C=O) groups is 2. The van der Waals surface area contributed by atoms with Crippen LogP contribution in [-0.2, 0) is 20.9 Å². The van der Waals surface area contributed by atoms with Crippen molar-refractivity contribution >= 4 is 22.7 Å². The van der Waals surface area contributed by atoms with Crippen LogP contribution in [0.15, 0.2) is 41.7 Å². The number of ketones is 1. The Balaban J connectivity index is 1.15. The zero-order valence-corrected chi connectivity index (χ0v) is 26.7. The molecule has 1 aliphatic heterocycles. The van der Waals surface area contributed by atoms with E-state index in [2.05, 4.69) is 47.1 Å². The summed E-state index contributed by atoms with van der Waals surface area (Å²) in [6.45, 7) is 16.2. The number of fused-ring (bicyclic) bond motifs is 1. The summed E-state index contributed by atoms with van der Waals surface area (Å²) in [7, 11) is 0. The van der Waals surface area contributed by atoms with Gasteiger partial charge in [0.05, 0.1) is 30.1 Å². The van der Waals surface area contributed by atoms with Gasteiger partial charge in [-0.15, -0.1) is 6.58 Å². The van der Waals surface area contributed by atoms with E-state index >= 15 is 0 Å². The van der Waals surface area contributed by atoms with Gasteiger partial charge in [0.2, 0.25) is 0 Å². The lowest BCUT2D eigenvalue weighted by atomic mass is 9.44. The van der Waals surface area contributed by atoms with E-state index in [-0.39, 0.29) is 47.0 Å². The van der Waals surface area contributed by atoms with Crippen LogP contribution in [0.2, 0.25) is 0 Å². The number of aliphatic hydroxyl groups excluding tert-OH is 1. The van der Waals surface area contributed by atoms with Gasteiger partial charge < -0.3 is 14.8 Å². The third-order valence-electron chi connectivity index (χ3n) is 12.4. The van der Waals surface area contributed by atoms with Crippen LogP contribution < -0.4 is 5.56 Å². The van der Waals surface area contributed by atoms with Gasteiger partial charge in [-0.1, -0.05) is 45.9 Å². The molecule has 44 heavy (non-hydrogen) atoms. The number of Topliss-reactive ketones (excluding diaryl/α,β-unsaturated/α-hetero) is 1. The number of hydrogen-bond donors (Lipinski definition) is 2. The number of hydrogen-bond acceptors (Lipinski definition) is 8. The largest absolute Gasteiger partial charge is 0.461 e. The maximum absolute atomic E-state index is 13.6. The van der Waals surface area contributed by atoms with Crippen molar-refractivity contribution < 1.29 is 19.4 Å². The Hall–Kier alpha value is -2.88. The van der Waals surface area contributed by atoms with E-state index in [0.717, 1.165) is 32.4 Å². The summed E-state index contributed by atoms with van der Waals surface area (Å²) in [5.41, 5.74) is -0.881. The number of aliphatic hydroxyl groups is 1. The number of aromatic nitrogens is 2. The Morgan fingerprint density at radius 3 is 2.57 bits per heavy atom. The predicted molar refractivity (Wildman–Crippen MR) is 169 cm³/mol. The lowest BCUT2D eigenvalue weighted by Gasteiger charge is -2.61. The van der Waals surface area contributed by atoms with Crippen molar-refractivity contribution in [1.29, 1.82) is 0 Å². The molecule has 9 heteroatoms. The molecule has 238 valence electrons. The zero-order chi connectivity index (χ0) is 31.4. The average Bonchev–Trinajstić information content (AvgIpc) is 3.36. The molecule has 1 saturated heterocycles. The Bertz CT molecular complexity index is 1500. The maximum atomic E-state index is 13.6. The number of aromatic amines is 1. The van der Waals surface area contributed by atoms with Gasteiger partial charge in [0.25, 0.3) is 5.56 Å². The molecule has 2 aromatic rings. The quantitative estimate of drug-likeness (QED) is 0.376. The molecule has 2 bridgehead atoms. The highest BCUT2D eigenvalue weighted by Gasteiger charge is 2.68. The number of esters is 1. The minimum atomic E-state index is -0.673. The molecular weight excluding hydrogens is 556 g/mol. The number of carbonyl (C=O) groups excluding carboxylic acids is 2. The molecule has 0 spiro atoms. The van der Waals surface area contributed by atoms with Crippen LogP contribution in [0, 0.1) is 34.0 Å². The van der Waals surface area contributed by atoms with E-state index in [0.29, 0.717) is 49.2 Å². The minimum absolute atomic E-state index is 0.0515. The molecule has 0 amide bonds. The van der Waals surface area contributed by atoms with Crippen molar-refractivity contribution in [2.75, 3.05) is 32.7 Å². The van der Waals surface area contributed by atoms with Crippen molar-refractivity contribution in [3.63, 3.8) is 0 Å². The molecule has 8 atom stereocenters. The number of benzene rings is 1. The number of nitrogens with one attached hydrogen (secondary N) is 1. The summed E-state index contributed by atoms with van der Waals surface area (Å²) in [5.74, 6) is 0.544. The van der Waals surface area contributed by atoms with E-state index in [9.17, 15) is 19.5 Å². The van der Waals surface area contributed by atoms with E-state index in [1.165, 1.54) is 0 Å². The molecule has 3 saturated carbocycles. The summed E-state index contributed by atoms with van der Waals surface area (Å²) in [4.78, 5) is 51.7. The number of piperazine rings is 1. The number of rotatable bonds is 6. The molecule has 4 aliphatic rings. The fourth-order valence-electron chi connectivity index (χ4n) is 9.41. The summed E-state index contributed by atoms with van der Waals surface area (Å²) >= 11 is 0. The second-order valence-corrected chi connectivity index (χ2v) is 14.6. The fraction of sp³-hybridized carbons (Fsp3) is 0.657. The molecule has 0 unspecified atom stereocenters. The smallest absolute Gasteiger partial charge is 0.320 e. The lowest BCUT2D eigenvalue weighted by molar-refractivity contribution is -0.207. The summed E-state index contributed by atoms with van der Waals surface area (Å²) in [5, 5.41) is 12.3. The highest BCUT2D eigenvalue weighted by atomic mass is 16.5. The van der Waals surface area contributed by atoms with Gasteiger partial charge in [0.1, 0.15) is 17.7 Å². The van der Waals surface area contributed by atoms with Gasteiger partial charge in [-0.3, -0.25) is 24.2 Å². The topological polar surface area (TPSA) is 116 Å².